The molecule has 6 nitrogen and oxygen atoms in total. The third-order valence-corrected chi connectivity index (χ3v) is 7.86. The third kappa shape index (κ3) is 3.88. The predicted octanol–water partition coefficient (Wildman–Crippen LogP) is 1.37. The van der Waals surface area contributed by atoms with E-state index in [1.165, 1.54) is 4.31 Å². The molecule has 1 aromatic heterocycles. The monoisotopic (exact) mass is 377 g/mol. The van der Waals surface area contributed by atoms with Crippen molar-refractivity contribution in [3.8, 4) is 0 Å². The van der Waals surface area contributed by atoms with Crippen LogP contribution in [0.2, 0.25) is 4.34 Å². The fourth-order valence-corrected chi connectivity index (χ4v) is 5.67. The zero-order valence-electron chi connectivity index (χ0n) is 12.9. The summed E-state index contributed by atoms with van der Waals surface area (Å²) in [5.74, 6) is 0.0360. The molecule has 2 heterocycles. The normalized spacial score (nSPS) is 22.0. The van der Waals surface area contributed by atoms with Gasteiger partial charge in [-0.25, -0.2) is 8.42 Å². The predicted molar refractivity (Wildman–Crippen MR) is 90.3 cm³/mol. The van der Waals surface area contributed by atoms with Crippen LogP contribution < -0.4 is 5.32 Å². The van der Waals surface area contributed by atoms with E-state index in [1.807, 2.05) is 11.8 Å². The van der Waals surface area contributed by atoms with Crippen molar-refractivity contribution in [3.63, 3.8) is 0 Å². The van der Waals surface area contributed by atoms with E-state index >= 15 is 0 Å². The minimum Gasteiger partial charge on any atom is -0.352 e. The van der Waals surface area contributed by atoms with Crippen molar-refractivity contribution in [1.29, 1.82) is 0 Å². The number of nitrogens with zero attached hydrogens (tertiary/aromatic N) is 2. The average Bonchev–Trinajstić information content (AvgIpc) is 3.23. The van der Waals surface area contributed by atoms with Gasteiger partial charge in [-0.05, 0) is 31.9 Å². The van der Waals surface area contributed by atoms with Gasteiger partial charge >= 0.3 is 0 Å². The Morgan fingerprint density at radius 1 is 1.30 bits per heavy atom. The van der Waals surface area contributed by atoms with Gasteiger partial charge in [0.15, 0.2) is 0 Å². The molecule has 0 spiro atoms. The first-order valence-corrected chi connectivity index (χ1v) is 10.3. The molecule has 1 saturated heterocycles. The van der Waals surface area contributed by atoms with Gasteiger partial charge in [0.05, 0.1) is 10.4 Å². The number of hydrogen-bond donors (Lipinski definition) is 1. The van der Waals surface area contributed by atoms with Crippen LogP contribution in [0, 0.1) is 0 Å². The first-order valence-electron chi connectivity index (χ1n) is 7.68. The third-order valence-electron chi connectivity index (χ3n) is 4.27. The molecule has 1 amide bonds. The Balaban J connectivity index is 1.58. The van der Waals surface area contributed by atoms with Crippen LogP contribution >= 0.6 is 22.9 Å². The van der Waals surface area contributed by atoms with Gasteiger partial charge in [-0.1, -0.05) is 11.6 Å². The lowest BCUT2D eigenvalue weighted by Crippen LogP contribution is -2.55. The molecular formula is C14H20ClN3O3S2. The standard InChI is InChI=1S/C14H20ClN3O3S2/c1-10(14(19)16-11-2-3-11)17-6-8-18(9-7-17)23(20,21)13-5-4-12(15)22-13/h4-5,10-11H,2-3,6-9H2,1H3,(H,16,19)/t10-/m1/s1. The number of thiophene rings is 1. The van der Waals surface area contributed by atoms with Crippen LogP contribution in [0.25, 0.3) is 0 Å². The van der Waals surface area contributed by atoms with E-state index in [1.54, 1.807) is 12.1 Å². The second kappa shape index (κ2) is 6.68. The second-order valence-electron chi connectivity index (χ2n) is 5.96. The van der Waals surface area contributed by atoms with E-state index in [0.717, 1.165) is 24.2 Å². The summed E-state index contributed by atoms with van der Waals surface area (Å²) in [6.07, 6.45) is 2.13. The fraction of sp³-hybridized carbons (Fsp3) is 0.643. The summed E-state index contributed by atoms with van der Waals surface area (Å²) in [5.41, 5.74) is 0. The highest BCUT2D eigenvalue weighted by Crippen LogP contribution is 2.28. The Morgan fingerprint density at radius 3 is 2.48 bits per heavy atom. The number of hydrogen-bond acceptors (Lipinski definition) is 5. The first-order chi connectivity index (χ1) is 10.9. The molecule has 3 rings (SSSR count). The molecule has 1 aromatic rings. The van der Waals surface area contributed by atoms with Gasteiger partial charge in [0.25, 0.3) is 10.0 Å². The summed E-state index contributed by atoms with van der Waals surface area (Å²) < 4.78 is 27.3. The van der Waals surface area contributed by atoms with Gasteiger partial charge in [-0.3, -0.25) is 9.69 Å². The van der Waals surface area contributed by atoms with Crippen LogP contribution in [0.5, 0.6) is 0 Å². The Hall–Kier alpha value is -0.670. The van der Waals surface area contributed by atoms with Gasteiger partial charge in [0.1, 0.15) is 4.21 Å². The summed E-state index contributed by atoms with van der Waals surface area (Å²) in [7, 11) is -3.48. The number of sulfonamides is 1. The Morgan fingerprint density at radius 2 is 1.96 bits per heavy atom. The summed E-state index contributed by atoms with van der Waals surface area (Å²) in [6.45, 7) is 3.76. The molecule has 0 bridgehead atoms. The molecule has 128 valence electrons. The van der Waals surface area contributed by atoms with E-state index in [0.29, 0.717) is 36.6 Å². The minimum atomic E-state index is -3.48. The molecule has 0 aromatic carbocycles. The molecule has 9 heteroatoms. The van der Waals surface area contributed by atoms with Crippen molar-refractivity contribution in [2.45, 2.75) is 36.1 Å². The fourth-order valence-electron chi connectivity index (χ4n) is 2.61. The van der Waals surface area contributed by atoms with Gasteiger partial charge < -0.3 is 5.32 Å². The number of rotatable bonds is 5. The molecule has 1 atom stereocenters. The number of carbonyl (C=O) groups excluding carboxylic acids is 1. The zero-order valence-corrected chi connectivity index (χ0v) is 15.3. The summed E-state index contributed by atoms with van der Waals surface area (Å²) in [4.78, 5) is 14.1. The van der Waals surface area contributed by atoms with Crippen LogP contribution in [0.3, 0.4) is 0 Å². The molecule has 1 aliphatic heterocycles. The maximum Gasteiger partial charge on any atom is 0.252 e. The second-order valence-corrected chi connectivity index (χ2v) is 9.84. The quantitative estimate of drug-likeness (QED) is 0.841. The number of carbonyl (C=O) groups is 1. The van der Waals surface area contributed by atoms with Gasteiger partial charge in [-0.2, -0.15) is 4.31 Å². The lowest BCUT2D eigenvalue weighted by Gasteiger charge is -2.36. The number of piperazine rings is 1. The largest absolute Gasteiger partial charge is 0.352 e. The molecular weight excluding hydrogens is 358 g/mol. The van der Waals surface area contributed by atoms with E-state index in [4.69, 9.17) is 11.6 Å². The molecule has 23 heavy (non-hydrogen) atoms. The molecule has 0 radical (unpaired) electrons. The van der Waals surface area contributed by atoms with E-state index < -0.39 is 10.0 Å². The summed E-state index contributed by atoms with van der Waals surface area (Å²) >= 11 is 6.91. The maximum atomic E-state index is 12.5. The van der Waals surface area contributed by atoms with Crippen molar-refractivity contribution in [3.05, 3.63) is 16.5 Å². The minimum absolute atomic E-state index is 0.0360. The molecule has 1 aliphatic carbocycles. The number of amides is 1. The Kier molecular flexibility index (Phi) is 4.98. The van der Waals surface area contributed by atoms with Crippen molar-refractivity contribution in [2.24, 2.45) is 0 Å². The highest BCUT2D eigenvalue weighted by molar-refractivity contribution is 7.91. The van der Waals surface area contributed by atoms with E-state index in [-0.39, 0.29) is 16.2 Å². The molecule has 0 unspecified atom stereocenters. The van der Waals surface area contributed by atoms with Crippen LogP contribution in [-0.4, -0.2) is 61.8 Å². The van der Waals surface area contributed by atoms with Gasteiger partial charge in [0.2, 0.25) is 5.91 Å². The van der Waals surface area contributed by atoms with E-state index in [9.17, 15) is 13.2 Å². The van der Waals surface area contributed by atoms with Crippen LogP contribution in [0.15, 0.2) is 16.3 Å². The molecule has 2 aliphatic rings. The lowest BCUT2D eigenvalue weighted by atomic mass is 10.2. The number of nitrogens with one attached hydrogen (secondary N) is 1. The van der Waals surface area contributed by atoms with Gasteiger partial charge in [-0.15, -0.1) is 11.3 Å². The van der Waals surface area contributed by atoms with Crippen LogP contribution in [0.1, 0.15) is 19.8 Å². The lowest BCUT2D eigenvalue weighted by molar-refractivity contribution is -0.126. The maximum absolute atomic E-state index is 12.5. The summed E-state index contributed by atoms with van der Waals surface area (Å²) in [5, 5.41) is 3.00. The molecule has 1 saturated carbocycles. The van der Waals surface area contributed by atoms with Crippen molar-refractivity contribution in [1.82, 2.24) is 14.5 Å². The summed E-state index contributed by atoms with van der Waals surface area (Å²) in [6, 6.07) is 3.26. The molecule has 2 fully saturated rings. The van der Waals surface area contributed by atoms with Crippen LogP contribution in [0.4, 0.5) is 0 Å². The zero-order chi connectivity index (χ0) is 16.6. The van der Waals surface area contributed by atoms with E-state index in [2.05, 4.69) is 5.32 Å². The van der Waals surface area contributed by atoms with Gasteiger partial charge in [0, 0.05) is 32.2 Å². The first kappa shape index (κ1) is 17.2. The van der Waals surface area contributed by atoms with Crippen molar-refractivity contribution in [2.75, 3.05) is 26.2 Å². The smallest absolute Gasteiger partial charge is 0.252 e. The molecule has 1 N–H and O–H groups in total. The number of halogens is 1. The van der Waals surface area contributed by atoms with Crippen molar-refractivity contribution < 1.29 is 13.2 Å². The highest BCUT2D eigenvalue weighted by Gasteiger charge is 2.33. The van der Waals surface area contributed by atoms with Crippen molar-refractivity contribution >= 4 is 38.9 Å². The SMILES string of the molecule is C[C@H](C(=O)NC1CC1)N1CCN(S(=O)(=O)c2ccc(Cl)s2)CC1. The highest BCUT2D eigenvalue weighted by atomic mass is 35.5. The van der Waals surface area contributed by atoms with Crippen LogP contribution in [-0.2, 0) is 14.8 Å². The Labute approximate surface area is 145 Å². The topological polar surface area (TPSA) is 69.7 Å². The Bertz CT molecular complexity index is 679. The average molecular weight is 378 g/mol.